The minimum Gasteiger partial charge on any atom is -0.324 e. The average molecular weight is 476 g/mol. The van der Waals surface area contributed by atoms with Gasteiger partial charge >= 0.3 is 0 Å². The summed E-state index contributed by atoms with van der Waals surface area (Å²) < 4.78 is 43.0. The van der Waals surface area contributed by atoms with Crippen molar-refractivity contribution in [3.63, 3.8) is 0 Å². The SMILES string of the molecule is CC(C)c1ccc(Cl)cc1C(c1ccccc1)N(C(=O)c1c(C(F)F)nn(C)c1F)C1CC1. The van der Waals surface area contributed by atoms with Crippen molar-refractivity contribution in [2.24, 2.45) is 7.05 Å². The van der Waals surface area contributed by atoms with Crippen LogP contribution in [-0.2, 0) is 7.05 Å². The van der Waals surface area contributed by atoms with Crippen LogP contribution in [0.4, 0.5) is 13.2 Å². The molecule has 1 fully saturated rings. The summed E-state index contributed by atoms with van der Waals surface area (Å²) in [6.45, 7) is 4.07. The van der Waals surface area contributed by atoms with Crippen LogP contribution in [0.1, 0.15) is 77.8 Å². The molecule has 1 saturated carbocycles. The zero-order valence-electron chi connectivity index (χ0n) is 18.6. The van der Waals surface area contributed by atoms with Gasteiger partial charge in [0.05, 0.1) is 6.04 Å². The summed E-state index contributed by atoms with van der Waals surface area (Å²) in [4.78, 5) is 15.3. The van der Waals surface area contributed by atoms with Crippen molar-refractivity contribution in [1.82, 2.24) is 14.7 Å². The lowest BCUT2D eigenvalue weighted by Crippen LogP contribution is -2.38. The van der Waals surface area contributed by atoms with Crippen molar-refractivity contribution in [3.8, 4) is 0 Å². The van der Waals surface area contributed by atoms with E-state index >= 15 is 0 Å². The monoisotopic (exact) mass is 475 g/mol. The van der Waals surface area contributed by atoms with Gasteiger partial charge in [0.1, 0.15) is 11.3 Å². The standard InChI is InChI=1S/C25H25ClF3N3O/c1-14(2)18-12-9-16(26)13-19(18)22(15-7-5-4-6-8-15)32(17-10-11-17)25(33)20-21(23(27)28)30-31(3)24(20)29/h4-9,12-14,17,22-23H,10-11H2,1-3H3. The normalized spacial score (nSPS) is 14.7. The fraction of sp³-hybridized carbons (Fsp3) is 0.360. The molecule has 0 N–H and O–H groups in total. The Hall–Kier alpha value is -2.80. The zero-order chi connectivity index (χ0) is 23.9. The highest BCUT2D eigenvalue weighted by Crippen LogP contribution is 2.43. The summed E-state index contributed by atoms with van der Waals surface area (Å²) in [7, 11) is 1.21. The number of hydrogen-bond acceptors (Lipinski definition) is 2. The Morgan fingerprint density at radius 3 is 2.36 bits per heavy atom. The first kappa shape index (κ1) is 23.4. The van der Waals surface area contributed by atoms with Crippen LogP contribution in [0.5, 0.6) is 0 Å². The zero-order valence-corrected chi connectivity index (χ0v) is 19.4. The van der Waals surface area contributed by atoms with Crippen LogP contribution in [0.3, 0.4) is 0 Å². The van der Waals surface area contributed by atoms with E-state index in [1.807, 2.05) is 56.3 Å². The molecular weight excluding hydrogens is 451 g/mol. The predicted molar refractivity (Wildman–Crippen MR) is 121 cm³/mol. The average Bonchev–Trinajstić information content (AvgIpc) is 3.56. The molecule has 2 aromatic carbocycles. The molecule has 1 amide bonds. The van der Waals surface area contributed by atoms with Gasteiger partial charge in [-0.1, -0.05) is 61.8 Å². The highest BCUT2D eigenvalue weighted by atomic mass is 35.5. The van der Waals surface area contributed by atoms with Crippen molar-refractivity contribution in [2.45, 2.75) is 51.1 Å². The predicted octanol–water partition coefficient (Wildman–Crippen LogP) is 6.67. The Bertz CT molecular complexity index is 1160. The number of aromatic nitrogens is 2. The first-order valence-electron chi connectivity index (χ1n) is 10.9. The molecule has 174 valence electrons. The molecule has 1 aliphatic carbocycles. The van der Waals surface area contributed by atoms with Gasteiger partial charge in [-0.3, -0.25) is 4.79 Å². The fourth-order valence-corrected chi connectivity index (χ4v) is 4.46. The van der Waals surface area contributed by atoms with E-state index in [4.69, 9.17) is 11.6 Å². The second-order valence-electron chi connectivity index (χ2n) is 8.66. The number of nitrogens with zero attached hydrogens (tertiary/aromatic N) is 3. The summed E-state index contributed by atoms with van der Waals surface area (Å²) >= 11 is 6.37. The van der Waals surface area contributed by atoms with Gasteiger partial charge in [0.15, 0.2) is 0 Å². The van der Waals surface area contributed by atoms with Crippen molar-refractivity contribution >= 4 is 17.5 Å². The van der Waals surface area contributed by atoms with Gasteiger partial charge in [-0.2, -0.15) is 9.49 Å². The third-order valence-corrected chi connectivity index (χ3v) is 6.19. The molecule has 8 heteroatoms. The minimum absolute atomic E-state index is 0.117. The van der Waals surface area contributed by atoms with Gasteiger partial charge in [-0.05, 0) is 47.6 Å². The molecule has 0 aliphatic heterocycles. The number of benzene rings is 2. The molecule has 1 unspecified atom stereocenters. The number of halogens is 4. The second kappa shape index (κ2) is 9.21. The molecule has 1 atom stereocenters. The lowest BCUT2D eigenvalue weighted by molar-refractivity contribution is 0.0672. The molecule has 1 aliphatic rings. The molecule has 0 bridgehead atoms. The lowest BCUT2D eigenvalue weighted by atomic mass is 9.88. The largest absolute Gasteiger partial charge is 0.324 e. The van der Waals surface area contributed by atoms with E-state index in [1.54, 1.807) is 11.0 Å². The fourth-order valence-electron chi connectivity index (χ4n) is 4.28. The number of amides is 1. The van der Waals surface area contributed by atoms with Crippen LogP contribution >= 0.6 is 11.6 Å². The maximum absolute atomic E-state index is 14.9. The van der Waals surface area contributed by atoms with E-state index in [1.165, 1.54) is 7.05 Å². The molecular formula is C25H25ClF3N3O. The van der Waals surface area contributed by atoms with Crippen LogP contribution in [-0.4, -0.2) is 26.6 Å². The van der Waals surface area contributed by atoms with E-state index in [0.717, 1.165) is 16.7 Å². The summed E-state index contributed by atoms with van der Waals surface area (Å²) in [5.41, 5.74) is 1.06. The maximum atomic E-state index is 14.9. The molecule has 1 heterocycles. The van der Waals surface area contributed by atoms with Gasteiger partial charge in [-0.25, -0.2) is 13.5 Å². The Balaban J connectivity index is 1.94. The van der Waals surface area contributed by atoms with E-state index in [9.17, 15) is 18.0 Å². The molecule has 0 spiro atoms. The van der Waals surface area contributed by atoms with Crippen LogP contribution in [0, 0.1) is 5.95 Å². The first-order valence-corrected chi connectivity index (χ1v) is 11.3. The van der Waals surface area contributed by atoms with Crippen LogP contribution < -0.4 is 0 Å². The molecule has 0 radical (unpaired) electrons. The Morgan fingerprint density at radius 2 is 1.79 bits per heavy atom. The van der Waals surface area contributed by atoms with Crippen molar-refractivity contribution in [2.75, 3.05) is 0 Å². The van der Waals surface area contributed by atoms with Crippen LogP contribution in [0.15, 0.2) is 48.5 Å². The number of carbonyl (C=O) groups excluding carboxylic acids is 1. The van der Waals surface area contributed by atoms with E-state index < -0.39 is 35.6 Å². The van der Waals surface area contributed by atoms with Gasteiger partial charge in [0, 0.05) is 18.1 Å². The molecule has 1 aromatic heterocycles. The van der Waals surface area contributed by atoms with Gasteiger partial charge < -0.3 is 4.90 Å². The Labute approximate surface area is 196 Å². The van der Waals surface area contributed by atoms with Crippen LogP contribution in [0.25, 0.3) is 0 Å². The smallest absolute Gasteiger partial charge is 0.283 e. The number of aryl methyl sites for hydroxylation is 1. The summed E-state index contributed by atoms with van der Waals surface area (Å²) in [5, 5.41) is 4.08. The van der Waals surface area contributed by atoms with Crippen molar-refractivity contribution in [1.29, 1.82) is 0 Å². The number of alkyl halides is 2. The third kappa shape index (κ3) is 4.51. The van der Waals surface area contributed by atoms with E-state index in [0.29, 0.717) is 22.5 Å². The molecule has 4 nitrogen and oxygen atoms in total. The molecule has 33 heavy (non-hydrogen) atoms. The highest BCUT2D eigenvalue weighted by molar-refractivity contribution is 6.30. The maximum Gasteiger partial charge on any atom is 0.283 e. The summed E-state index contributed by atoms with van der Waals surface area (Å²) in [6, 6.07) is 14.0. The summed E-state index contributed by atoms with van der Waals surface area (Å²) in [6.07, 6.45) is -1.66. The number of rotatable bonds is 7. The Kier molecular flexibility index (Phi) is 6.52. The Morgan fingerprint density at radius 1 is 1.12 bits per heavy atom. The highest BCUT2D eigenvalue weighted by Gasteiger charge is 2.43. The van der Waals surface area contributed by atoms with Gasteiger partial charge in [-0.15, -0.1) is 0 Å². The quantitative estimate of drug-likeness (QED) is 0.383. The van der Waals surface area contributed by atoms with Crippen molar-refractivity contribution < 1.29 is 18.0 Å². The van der Waals surface area contributed by atoms with Crippen molar-refractivity contribution in [3.05, 3.63) is 87.4 Å². The number of carbonyl (C=O) groups is 1. The number of hydrogen-bond donors (Lipinski definition) is 0. The van der Waals surface area contributed by atoms with Crippen LogP contribution in [0.2, 0.25) is 5.02 Å². The lowest BCUT2D eigenvalue weighted by Gasteiger charge is -2.35. The molecule has 0 saturated heterocycles. The third-order valence-electron chi connectivity index (χ3n) is 5.96. The second-order valence-corrected chi connectivity index (χ2v) is 9.10. The summed E-state index contributed by atoms with van der Waals surface area (Å²) in [5.74, 6) is -1.74. The van der Waals surface area contributed by atoms with Gasteiger partial charge in [0.2, 0.25) is 5.95 Å². The molecule has 4 rings (SSSR count). The van der Waals surface area contributed by atoms with Gasteiger partial charge in [0.25, 0.3) is 12.3 Å². The minimum atomic E-state index is -3.08. The first-order chi connectivity index (χ1) is 15.7. The topological polar surface area (TPSA) is 38.1 Å². The van der Waals surface area contributed by atoms with E-state index in [2.05, 4.69) is 5.10 Å². The molecule has 3 aromatic rings. The van der Waals surface area contributed by atoms with E-state index in [-0.39, 0.29) is 12.0 Å².